The summed E-state index contributed by atoms with van der Waals surface area (Å²) >= 11 is 0. The number of carbonyl (C=O) groups is 2. The topological polar surface area (TPSA) is 65.2 Å². The number of carbonyl (C=O) groups excluding carboxylic acids is 2. The first-order valence-corrected chi connectivity index (χ1v) is 9.28. The first-order chi connectivity index (χ1) is 13.1. The van der Waals surface area contributed by atoms with Crippen molar-refractivity contribution in [2.24, 2.45) is 0 Å². The monoisotopic (exact) mass is 363 g/mol. The van der Waals surface area contributed by atoms with Crippen LogP contribution in [0.15, 0.2) is 54.7 Å². The number of aromatic amines is 1. The molecule has 140 valence electrons. The van der Waals surface area contributed by atoms with Gasteiger partial charge in [-0.25, -0.2) is 0 Å². The molecule has 1 aromatic heterocycles. The van der Waals surface area contributed by atoms with Gasteiger partial charge in [0, 0.05) is 30.9 Å². The summed E-state index contributed by atoms with van der Waals surface area (Å²) in [4.78, 5) is 29.1. The zero-order valence-electron chi connectivity index (χ0n) is 15.8. The molecule has 1 heterocycles. The van der Waals surface area contributed by atoms with Crippen molar-refractivity contribution in [3.63, 3.8) is 0 Å². The van der Waals surface area contributed by atoms with Gasteiger partial charge in [0.25, 0.3) is 5.91 Å². The van der Waals surface area contributed by atoms with E-state index in [9.17, 15) is 9.59 Å². The average molecular weight is 363 g/mol. The Hall–Kier alpha value is -3.08. The lowest BCUT2D eigenvalue weighted by atomic mass is 10.0. The van der Waals surface area contributed by atoms with Gasteiger partial charge < -0.3 is 15.2 Å². The molecule has 3 aromatic rings. The normalized spacial score (nSPS) is 10.7. The molecular weight excluding hydrogens is 338 g/mol. The lowest BCUT2D eigenvalue weighted by molar-refractivity contribution is -0.121. The van der Waals surface area contributed by atoms with Gasteiger partial charge in [0.2, 0.25) is 5.91 Å². The number of unbranched alkanes of at least 4 members (excludes halogenated alkanes) is 1. The van der Waals surface area contributed by atoms with E-state index in [2.05, 4.69) is 35.4 Å². The first kappa shape index (κ1) is 18.7. The van der Waals surface area contributed by atoms with Crippen LogP contribution in [0.1, 0.15) is 30.1 Å². The molecule has 5 heteroatoms. The van der Waals surface area contributed by atoms with Crippen LogP contribution >= 0.6 is 0 Å². The van der Waals surface area contributed by atoms with Gasteiger partial charge in [-0.2, -0.15) is 0 Å². The van der Waals surface area contributed by atoms with Crippen LogP contribution in [-0.4, -0.2) is 41.8 Å². The van der Waals surface area contributed by atoms with Gasteiger partial charge in [-0.3, -0.25) is 9.59 Å². The number of H-pyrrole nitrogens is 1. The molecule has 0 saturated carbocycles. The summed E-state index contributed by atoms with van der Waals surface area (Å²) < 4.78 is 0. The fraction of sp³-hybridized carbons (Fsp3) is 0.273. The fourth-order valence-electron chi connectivity index (χ4n) is 3.00. The van der Waals surface area contributed by atoms with Crippen LogP contribution in [0.5, 0.6) is 0 Å². The second-order valence-corrected chi connectivity index (χ2v) is 6.72. The van der Waals surface area contributed by atoms with Crippen LogP contribution in [0.3, 0.4) is 0 Å². The van der Waals surface area contributed by atoms with Crippen molar-refractivity contribution >= 4 is 22.7 Å². The molecule has 0 unspecified atom stereocenters. The zero-order chi connectivity index (χ0) is 19.2. The molecule has 0 spiro atoms. The van der Waals surface area contributed by atoms with Crippen molar-refractivity contribution in [1.82, 2.24) is 15.2 Å². The lowest BCUT2D eigenvalue weighted by Crippen LogP contribution is -2.38. The molecule has 0 saturated heterocycles. The number of nitrogens with one attached hydrogen (secondary N) is 2. The molecule has 0 aliphatic carbocycles. The standard InChI is InChI=1S/C22H25N3O2/c1-3-4-12-24-21(26)15-25(2)22(27)18-8-5-16(6-9-18)19-10-7-17-11-13-23-20(17)14-19/h5-11,13-14,23H,3-4,12,15H2,1-2H3,(H,24,26). The minimum Gasteiger partial charge on any atom is -0.361 e. The van der Waals surface area contributed by atoms with Crippen LogP contribution in [0.2, 0.25) is 0 Å². The third-order valence-corrected chi connectivity index (χ3v) is 4.60. The Morgan fingerprint density at radius 2 is 1.78 bits per heavy atom. The molecule has 3 rings (SSSR count). The van der Waals surface area contributed by atoms with E-state index in [-0.39, 0.29) is 18.4 Å². The first-order valence-electron chi connectivity index (χ1n) is 9.28. The maximum absolute atomic E-state index is 12.5. The van der Waals surface area contributed by atoms with Gasteiger partial charge in [-0.1, -0.05) is 37.6 Å². The molecule has 0 radical (unpaired) electrons. The van der Waals surface area contributed by atoms with Crippen LogP contribution in [0.4, 0.5) is 0 Å². The number of nitrogens with zero attached hydrogens (tertiary/aromatic N) is 1. The highest BCUT2D eigenvalue weighted by atomic mass is 16.2. The molecule has 0 aliphatic rings. The Morgan fingerprint density at radius 3 is 2.52 bits per heavy atom. The third kappa shape index (κ3) is 4.56. The van der Waals surface area contributed by atoms with E-state index in [1.54, 1.807) is 7.05 Å². The molecule has 2 amide bonds. The second-order valence-electron chi connectivity index (χ2n) is 6.72. The smallest absolute Gasteiger partial charge is 0.254 e. The number of fused-ring (bicyclic) bond motifs is 1. The minimum atomic E-state index is -0.160. The van der Waals surface area contributed by atoms with Crippen molar-refractivity contribution in [2.45, 2.75) is 19.8 Å². The van der Waals surface area contributed by atoms with Crippen molar-refractivity contribution < 1.29 is 9.59 Å². The van der Waals surface area contributed by atoms with Gasteiger partial charge in [0.05, 0.1) is 6.54 Å². The Morgan fingerprint density at radius 1 is 1.04 bits per heavy atom. The number of hydrogen-bond donors (Lipinski definition) is 2. The molecule has 5 nitrogen and oxygen atoms in total. The number of likely N-dealkylation sites (N-methyl/N-ethyl adjacent to an activating group) is 1. The summed E-state index contributed by atoms with van der Waals surface area (Å²) in [6, 6.07) is 15.8. The molecule has 2 N–H and O–H groups in total. The van der Waals surface area contributed by atoms with Crippen LogP contribution in [0, 0.1) is 0 Å². The SMILES string of the molecule is CCCCNC(=O)CN(C)C(=O)c1ccc(-c2ccc3cc[nH]c3c2)cc1. The van der Waals surface area contributed by atoms with Gasteiger partial charge in [-0.15, -0.1) is 0 Å². The highest BCUT2D eigenvalue weighted by Crippen LogP contribution is 2.24. The maximum Gasteiger partial charge on any atom is 0.254 e. The lowest BCUT2D eigenvalue weighted by Gasteiger charge is -2.17. The average Bonchev–Trinajstić information content (AvgIpc) is 3.15. The Kier molecular flexibility index (Phi) is 5.91. The Balaban J connectivity index is 1.65. The largest absolute Gasteiger partial charge is 0.361 e. The van der Waals surface area contributed by atoms with E-state index < -0.39 is 0 Å². The summed E-state index contributed by atoms with van der Waals surface area (Å²) in [6.45, 7) is 2.78. The summed E-state index contributed by atoms with van der Waals surface area (Å²) in [6.07, 6.45) is 3.89. The van der Waals surface area contributed by atoms with E-state index >= 15 is 0 Å². The quantitative estimate of drug-likeness (QED) is 0.627. The molecular formula is C22H25N3O2. The van der Waals surface area contributed by atoms with E-state index in [0.29, 0.717) is 12.1 Å². The van der Waals surface area contributed by atoms with E-state index in [1.165, 1.54) is 10.3 Å². The molecule has 0 atom stereocenters. The number of hydrogen-bond acceptors (Lipinski definition) is 2. The van der Waals surface area contributed by atoms with Gasteiger partial charge in [-0.05, 0) is 47.2 Å². The molecule has 27 heavy (non-hydrogen) atoms. The highest BCUT2D eigenvalue weighted by Gasteiger charge is 2.15. The summed E-state index contributed by atoms with van der Waals surface area (Å²) in [5.41, 5.74) is 3.79. The van der Waals surface area contributed by atoms with Crippen molar-refractivity contribution in [3.05, 3.63) is 60.3 Å². The molecule has 2 aromatic carbocycles. The number of aromatic nitrogens is 1. The summed E-state index contributed by atoms with van der Waals surface area (Å²) in [5, 5.41) is 4.00. The van der Waals surface area contributed by atoms with Crippen LogP contribution in [0.25, 0.3) is 22.0 Å². The Bertz CT molecular complexity index is 928. The van der Waals surface area contributed by atoms with Gasteiger partial charge in [0.1, 0.15) is 0 Å². The van der Waals surface area contributed by atoms with Crippen LogP contribution < -0.4 is 5.32 Å². The summed E-state index contributed by atoms with van der Waals surface area (Å²) in [5.74, 6) is -0.290. The van der Waals surface area contributed by atoms with Crippen molar-refractivity contribution in [2.75, 3.05) is 20.1 Å². The number of rotatable bonds is 7. The van der Waals surface area contributed by atoms with Gasteiger partial charge in [0.15, 0.2) is 0 Å². The van der Waals surface area contributed by atoms with Crippen molar-refractivity contribution in [1.29, 1.82) is 0 Å². The van der Waals surface area contributed by atoms with Gasteiger partial charge >= 0.3 is 0 Å². The number of benzene rings is 2. The highest BCUT2D eigenvalue weighted by molar-refractivity contribution is 5.97. The molecule has 0 bridgehead atoms. The minimum absolute atomic E-state index is 0.0633. The third-order valence-electron chi connectivity index (χ3n) is 4.60. The summed E-state index contributed by atoms with van der Waals surface area (Å²) in [7, 11) is 1.65. The van der Waals surface area contributed by atoms with Crippen LogP contribution in [-0.2, 0) is 4.79 Å². The van der Waals surface area contributed by atoms with E-state index in [0.717, 1.165) is 29.5 Å². The Labute approximate surface area is 159 Å². The van der Waals surface area contributed by atoms with E-state index in [4.69, 9.17) is 0 Å². The predicted molar refractivity (Wildman–Crippen MR) is 109 cm³/mol. The van der Waals surface area contributed by atoms with Crippen molar-refractivity contribution in [3.8, 4) is 11.1 Å². The maximum atomic E-state index is 12.5. The van der Waals surface area contributed by atoms with E-state index in [1.807, 2.05) is 36.5 Å². The number of amides is 2. The molecule has 0 fully saturated rings. The predicted octanol–water partition coefficient (Wildman–Crippen LogP) is 3.82. The second kappa shape index (κ2) is 8.54. The fourth-order valence-corrected chi connectivity index (χ4v) is 3.00. The molecule has 0 aliphatic heterocycles. The zero-order valence-corrected chi connectivity index (χ0v) is 15.8.